The monoisotopic (exact) mass is 546 g/mol. The van der Waals surface area contributed by atoms with Crippen LogP contribution in [0.25, 0.3) is 0 Å². The zero-order valence-corrected chi connectivity index (χ0v) is 25.6. The molecular formula is C33H56NO3S+. The third-order valence-electron chi connectivity index (χ3n) is 7.03. The Morgan fingerprint density at radius 1 is 0.711 bits per heavy atom. The lowest BCUT2D eigenvalue weighted by molar-refractivity contribution is -0.683. The number of hydrogen-bond acceptors (Lipinski definition) is 4. The van der Waals surface area contributed by atoms with E-state index in [1.807, 2.05) is 6.92 Å². The van der Waals surface area contributed by atoms with E-state index in [2.05, 4.69) is 54.4 Å². The molecule has 1 aromatic carbocycles. The molecule has 0 spiro atoms. The lowest BCUT2D eigenvalue weighted by Gasteiger charge is -2.17. The molecule has 0 fully saturated rings. The van der Waals surface area contributed by atoms with Crippen LogP contribution in [0, 0.1) is 6.92 Å². The van der Waals surface area contributed by atoms with Gasteiger partial charge in [0.25, 0.3) is 0 Å². The van der Waals surface area contributed by atoms with Crippen LogP contribution < -0.4 is 4.57 Å². The number of benzene rings is 1. The second-order valence-corrected chi connectivity index (χ2v) is 11.8. The molecule has 1 unspecified atom stereocenters. The standard InChI is InChI=1S/C33H56NO3S/c1-4-6-7-8-9-10-11-12-13-14-15-16-17-18-23-35-27-33(37-5-2)28-36-26-32-21-19-31(20-22-32)25-34-24-30(3)38-29-34/h19-22,24,29,33H,4-18,23,25-28H2,1-3H3/q+1. The highest BCUT2D eigenvalue weighted by molar-refractivity contribution is 7.09. The van der Waals surface area contributed by atoms with Gasteiger partial charge in [-0.3, -0.25) is 0 Å². The summed E-state index contributed by atoms with van der Waals surface area (Å²) in [5.41, 5.74) is 4.67. The van der Waals surface area contributed by atoms with Crippen LogP contribution in [0.5, 0.6) is 0 Å². The van der Waals surface area contributed by atoms with Gasteiger partial charge in [-0.1, -0.05) is 126 Å². The average Bonchev–Trinajstić information content (AvgIpc) is 3.33. The number of thiazole rings is 1. The van der Waals surface area contributed by atoms with Crippen LogP contribution in [-0.4, -0.2) is 32.5 Å². The van der Waals surface area contributed by atoms with Gasteiger partial charge in [-0.05, 0) is 25.8 Å². The molecule has 0 saturated heterocycles. The van der Waals surface area contributed by atoms with E-state index in [1.165, 1.54) is 99.5 Å². The highest BCUT2D eigenvalue weighted by Crippen LogP contribution is 2.13. The van der Waals surface area contributed by atoms with Crippen molar-refractivity contribution >= 4 is 11.3 Å². The van der Waals surface area contributed by atoms with Gasteiger partial charge in [0.15, 0.2) is 12.7 Å². The lowest BCUT2D eigenvalue weighted by atomic mass is 10.0. The minimum absolute atomic E-state index is 0.00384. The van der Waals surface area contributed by atoms with Crippen molar-refractivity contribution in [3.8, 4) is 0 Å². The number of unbranched alkanes of at least 4 members (excludes halogenated alkanes) is 13. The van der Waals surface area contributed by atoms with Gasteiger partial charge >= 0.3 is 0 Å². The van der Waals surface area contributed by atoms with Crippen molar-refractivity contribution in [2.75, 3.05) is 26.4 Å². The van der Waals surface area contributed by atoms with Gasteiger partial charge in [-0.15, -0.1) is 0 Å². The van der Waals surface area contributed by atoms with Gasteiger partial charge in [0.1, 0.15) is 6.10 Å². The molecule has 0 radical (unpaired) electrons. The molecule has 0 saturated carbocycles. The first kappa shape index (κ1) is 32.9. The quantitative estimate of drug-likeness (QED) is 0.0921. The molecule has 1 atom stereocenters. The highest BCUT2D eigenvalue weighted by Gasteiger charge is 2.10. The number of nitrogens with zero attached hydrogens (tertiary/aromatic N) is 1. The summed E-state index contributed by atoms with van der Waals surface area (Å²) >= 11 is 1.78. The van der Waals surface area contributed by atoms with Crippen LogP contribution in [0.15, 0.2) is 36.0 Å². The zero-order valence-electron chi connectivity index (χ0n) is 24.8. The SMILES string of the molecule is CCCCCCCCCCCCCCCCOCC(COCc1ccc(C[n+]2csc(C)c2)cc1)OCC. The highest BCUT2D eigenvalue weighted by atomic mass is 32.1. The third-order valence-corrected chi connectivity index (χ3v) is 7.88. The predicted molar refractivity (Wildman–Crippen MR) is 161 cm³/mol. The summed E-state index contributed by atoms with van der Waals surface area (Å²) in [5, 5.41) is 0. The van der Waals surface area contributed by atoms with E-state index >= 15 is 0 Å². The topological polar surface area (TPSA) is 31.6 Å². The summed E-state index contributed by atoms with van der Waals surface area (Å²) in [6.45, 7) is 10.7. The normalized spacial score (nSPS) is 12.3. The van der Waals surface area contributed by atoms with E-state index in [1.54, 1.807) is 11.3 Å². The maximum Gasteiger partial charge on any atom is 0.225 e. The zero-order chi connectivity index (χ0) is 27.1. The summed E-state index contributed by atoms with van der Waals surface area (Å²) < 4.78 is 20.0. The van der Waals surface area contributed by atoms with Crippen molar-refractivity contribution in [2.45, 2.75) is 130 Å². The van der Waals surface area contributed by atoms with E-state index in [9.17, 15) is 0 Å². The number of aryl methyl sites for hydroxylation is 1. The fourth-order valence-corrected chi connectivity index (χ4v) is 5.41. The Kier molecular flexibility index (Phi) is 19.5. The summed E-state index contributed by atoms with van der Waals surface area (Å²) in [6.07, 6.45) is 21.5. The molecule has 0 amide bonds. The molecule has 4 nitrogen and oxygen atoms in total. The first-order valence-electron chi connectivity index (χ1n) is 15.5. The van der Waals surface area contributed by atoms with Crippen molar-refractivity contribution in [1.82, 2.24) is 0 Å². The number of rotatable bonds is 25. The van der Waals surface area contributed by atoms with E-state index < -0.39 is 0 Å². The lowest BCUT2D eigenvalue weighted by Crippen LogP contribution is -2.30. The fraction of sp³-hybridized carbons (Fsp3) is 0.727. The molecule has 0 aliphatic rings. The van der Waals surface area contributed by atoms with Gasteiger partial charge in [-0.2, -0.15) is 4.57 Å². The van der Waals surface area contributed by atoms with E-state index in [0.717, 1.165) is 19.6 Å². The molecule has 5 heteroatoms. The molecular weight excluding hydrogens is 490 g/mol. The maximum atomic E-state index is 5.97. The Morgan fingerprint density at radius 2 is 1.26 bits per heavy atom. The number of hydrogen-bond donors (Lipinski definition) is 0. The van der Waals surface area contributed by atoms with Crippen molar-refractivity contribution in [3.05, 3.63) is 52.0 Å². The van der Waals surface area contributed by atoms with Crippen LogP contribution >= 0.6 is 11.3 Å². The molecule has 0 aliphatic carbocycles. The Morgan fingerprint density at radius 3 is 1.82 bits per heavy atom. The van der Waals surface area contributed by atoms with Gasteiger partial charge in [0, 0.05) is 18.8 Å². The molecule has 2 aromatic rings. The molecule has 1 aromatic heterocycles. The Hall–Kier alpha value is -1.27. The van der Waals surface area contributed by atoms with Crippen LogP contribution in [0.1, 0.15) is 120 Å². The Balaban J connectivity index is 1.43. The summed E-state index contributed by atoms with van der Waals surface area (Å²) in [4.78, 5) is 1.34. The summed E-state index contributed by atoms with van der Waals surface area (Å²) in [7, 11) is 0. The van der Waals surface area contributed by atoms with Crippen molar-refractivity contribution < 1.29 is 18.8 Å². The van der Waals surface area contributed by atoms with Gasteiger partial charge < -0.3 is 14.2 Å². The smallest absolute Gasteiger partial charge is 0.225 e. The predicted octanol–water partition coefficient (Wildman–Crippen LogP) is 8.81. The molecule has 38 heavy (non-hydrogen) atoms. The molecule has 1 heterocycles. The molecule has 216 valence electrons. The Bertz CT molecular complexity index is 792. The first-order valence-corrected chi connectivity index (χ1v) is 16.4. The number of aromatic nitrogens is 1. The summed E-state index contributed by atoms with van der Waals surface area (Å²) in [5.74, 6) is 0. The Labute approximate surface area is 238 Å². The largest absolute Gasteiger partial charge is 0.379 e. The van der Waals surface area contributed by atoms with Gasteiger partial charge in [0.05, 0.1) is 24.7 Å². The van der Waals surface area contributed by atoms with Crippen LogP contribution in [0.3, 0.4) is 0 Å². The van der Waals surface area contributed by atoms with Crippen LogP contribution in [0.4, 0.5) is 0 Å². The van der Waals surface area contributed by atoms with Crippen LogP contribution in [-0.2, 0) is 27.4 Å². The van der Waals surface area contributed by atoms with E-state index in [0.29, 0.717) is 26.4 Å². The van der Waals surface area contributed by atoms with E-state index in [4.69, 9.17) is 14.2 Å². The molecule has 0 N–H and O–H groups in total. The molecule has 0 aliphatic heterocycles. The number of ether oxygens (including phenoxy) is 3. The first-order chi connectivity index (χ1) is 18.7. The minimum Gasteiger partial charge on any atom is -0.379 e. The molecule has 2 rings (SSSR count). The van der Waals surface area contributed by atoms with E-state index in [-0.39, 0.29) is 6.10 Å². The third kappa shape index (κ3) is 16.6. The summed E-state index contributed by atoms with van der Waals surface area (Å²) in [6, 6.07) is 8.71. The minimum atomic E-state index is 0.00384. The second kappa shape index (κ2) is 22.5. The van der Waals surface area contributed by atoms with Crippen molar-refractivity contribution in [3.63, 3.8) is 0 Å². The van der Waals surface area contributed by atoms with Gasteiger partial charge in [0.2, 0.25) is 5.51 Å². The molecule has 0 bridgehead atoms. The van der Waals surface area contributed by atoms with Crippen molar-refractivity contribution in [2.24, 2.45) is 0 Å². The average molecular weight is 547 g/mol. The second-order valence-electron chi connectivity index (χ2n) is 10.7. The fourth-order valence-electron chi connectivity index (χ4n) is 4.78. The van der Waals surface area contributed by atoms with Crippen LogP contribution in [0.2, 0.25) is 0 Å². The van der Waals surface area contributed by atoms with Gasteiger partial charge in [-0.25, -0.2) is 0 Å². The maximum absolute atomic E-state index is 5.97. The van der Waals surface area contributed by atoms with Crippen molar-refractivity contribution in [1.29, 1.82) is 0 Å².